The monoisotopic (exact) mass is 421 g/mol. The lowest BCUT2D eigenvalue weighted by molar-refractivity contribution is 0.0677. The maximum atomic E-state index is 10.7. The number of benzene rings is 1. The van der Waals surface area contributed by atoms with Crippen LogP contribution < -0.4 is 24.8 Å². The van der Waals surface area contributed by atoms with E-state index in [1.165, 1.54) is 0 Å². The summed E-state index contributed by atoms with van der Waals surface area (Å²) in [7, 11) is 4.81. The zero-order chi connectivity index (χ0) is 21.3. The average molecular weight is 422 g/mol. The highest BCUT2D eigenvalue weighted by Gasteiger charge is 2.23. The first-order valence-corrected chi connectivity index (χ1v) is 10.5. The third-order valence-corrected chi connectivity index (χ3v) is 5.19. The van der Waals surface area contributed by atoms with Gasteiger partial charge in [-0.1, -0.05) is 6.07 Å². The van der Waals surface area contributed by atoms with Crippen molar-refractivity contribution in [2.45, 2.75) is 25.9 Å². The van der Waals surface area contributed by atoms with Crippen LogP contribution in [0.2, 0.25) is 0 Å². The topological polar surface area (TPSA) is 84.3 Å². The first kappa shape index (κ1) is 22.8. The van der Waals surface area contributed by atoms with E-state index in [4.69, 9.17) is 14.2 Å². The van der Waals surface area contributed by atoms with Gasteiger partial charge in [-0.3, -0.25) is 0 Å². The van der Waals surface area contributed by atoms with Crippen molar-refractivity contribution in [3.05, 3.63) is 40.1 Å². The van der Waals surface area contributed by atoms with Gasteiger partial charge in [-0.25, -0.2) is 4.99 Å². The maximum Gasteiger partial charge on any atom is 0.203 e. The highest BCUT2D eigenvalue weighted by Crippen LogP contribution is 2.39. The Bertz CT molecular complexity index is 791. The predicted octanol–water partition coefficient (Wildman–Crippen LogP) is 2.78. The van der Waals surface area contributed by atoms with Gasteiger partial charge in [-0.2, -0.15) is 11.3 Å². The number of rotatable bonds is 10. The summed E-state index contributed by atoms with van der Waals surface area (Å²) in [5.74, 6) is 2.53. The second kappa shape index (κ2) is 10.9. The molecule has 29 heavy (non-hydrogen) atoms. The largest absolute Gasteiger partial charge is 0.493 e. The molecule has 0 radical (unpaired) electrons. The quantitative estimate of drug-likeness (QED) is 0.404. The van der Waals surface area contributed by atoms with E-state index in [0.717, 1.165) is 17.7 Å². The number of aliphatic hydroxyl groups is 1. The van der Waals surface area contributed by atoms with E-state index in [2.05, 4.69) is 15.6 Å². The molecule has 7 nitrogen and oxygen atoms in total. The Balaban J connectivity index is 2.04. The van der Waals surface area contributed by atoms with E-state index in [9.17, 15) is 5.11 Å². The molecule has 1 atom stereocenters. The van der Waals surface area contributed by atoms with Crippen molar-refractivity contribution in [3.8, 4) is 17.2 Å². The van der Waals surface area contributed by atoms with Crippen LogP contribution in [0.5, 0.6) is 17.2 Å². The fourth-order valence-corrected chi connectivity index (χ4v) is 3.70. The summed E-state index contributed by atoms with van der Waals surface area (Å²) in [6.45, 7) is 5.41. The molecule has 1 unspecified atom stereocenters. The van der Waals surface area contributed by atoms with Crippen molar-refractivity contribution < 1.29 is 19.3 Å². The summed E-state index contributed by atoms with van der Waals surface area (Å²) < 4.78 is 16.3. The van der Waals surface area contributed by atoms with E-state index in [-0.39, 0.29) is 6.54 Å². The lowest BCUT2D eigenvalue weighted by atomic mass is 10.00. The highest BCUT2D eigenvalue weighted by molar-refractivity contribution is 7.08. The number of nitrogens with one attached hydrogen (secondary N) is 2. The van der Waals surface area contributed by atoms with Crippen LogP contribution in [0.25, 0.3) is 0 Å². The second-order valence-electron chi connectivity index (χ2n) is 6.65. The van der Waals surface area contributed by atoms with E-state index in [1.807, 2.05) is 35.9 Å². The summed E-state index contributed by atoms with van der Waals surface area (Å²) in [4.78, 5) is 4.55. The maximum absolute atomic E-state index is 10.7. The number of hydrogen-bond donors (Lipinski definition) is 3. The SMILES string of the molecule is CCNC(=NCC(C)(O)c1ccsc1)NCCc1ccc(OC)c(OC)c1OC. The minimum Gasteiger partial charge on any atom is -0.493 e. The Hall–Kier alpha value is -2.45. The molecule has 0 saturated carbocycles. The number of hydrogen-bond acceptors (Lipinski definition) is 6. The summed E-state index contributed by atoms with van der Waals surface area (Å²) in [5.41, 5.74) is 0.866. The molecule has 0 aliphatic rings. The van der Waals surface area contributed by atoms with Crippen molar-refractivity contribution in [3.63, 3.8) is 0 Å². The molecule has 160 valence electrons. The van der Waals surface area contributed by atoms with Crippen molar-refractivity contribution >= 4 is 17.3 Å². The number of aliphatic imine (C=N–C) groups is 1. The lowest BCUT2D eigenvalue weighted by Gasteiger charge is -2.21. The van der Waals surface area contributed by atoms with E-state index in [1.54, 1.807) is 39.6 Å². The average Bonchev–Trinajstić information content (AvgIpc) is 3.27. The van der Waals surface area contributed by atoms with Crippen molar-refractivity contribution in [1.29, 1.82) is 0 Å². The Morgan fingerprint density at radius 3 is 2.45 bits per heavy atom. The molecule has 8 heteroatoms. The first-order valence-electron chi connectivity index (χ1n) is 9.51. The number of guanidine groups is 1. The molecule has 0 bridgehead atoms. The third kappa shape index (κ3) is 6.01. The van der Waals surface area contributed by atoms with Gasteiger partial charge in [0.2, 0.25) is 5.75 Å². The fourth-order valence-electron chi connectivity index (χ4n) is 2.91. The number of methoxy groups -OCH3 is 3. The molecule has 0 aliphatic carbocycles. The van der Waals surface area contributed by atoms with E-state index >= 15 is 0 Å². The Labute approximate surface area is 176 Å². The predicted molar refractivity (Wildman–Crippen MR) is 118 cm³/mol. The van der Waals surface area contributed by atoms with Crippen molar-refractivity contribution in [1.82, 2.24) is 10.6 Å². The summed E-state index contributed by atoms with van der Waals surface area (Å²) in [6, 6.07) is 5.76. The van der Waals surface area contributed by atoms with Crippen LogP contribution in [0.3, 0.4) is 0 Å². The number of thiophene rings is 1. The second-order valence-corrected chi connectivity index (χ2v) is 7.43. The van der Waals surface area contributed by atoms with Crippen LogP contribution in [-0.2, 0) is 12.0 Å². The zero-order valence-electron chi connectivity index (χ0n) is 17.7. The van der Waals surface area contributed by atoms with Gasteiger partial charge in [0.15, 0.2) is 17.5 Å². The molecule has 3 N–H and O–H groups in total. The molecular formula is C21H31N3O4S. The van der Waals surface area contributed by atoms with Crippen LogP contribution in [-0.4, -0.2) is 52.0 Å². The molecule has 2 rings (SSSR count). The molecule has 0 spiro atoms. The minimum atomic E-state index is -1.01. The van der Waals surface area contributed by atoms with Crippen LogP contribution >= 0.6 is 11.3 Å². The molecule has 1 aromatic carbocycles. The van der Waals surface area contributed by atoms with E-state index in [0.29, 0.717) is 36.2 Å². The van der Waals surface area contributed by atoms with Gasteiger partial charge in [-0.05, 0) is 48.7 Å². The smallest absolute Gasteiger partial charge is 0.203 e. The lowest BCUT2D eigenvalue weighted by Crippen LogP contribution is -2.39. The fraction of sp³-hybridized carbons (Fsp3) is 0.476. The summed E-state index contributed by atoms with van der Waals surface area (Å²) >= 11 is 1.56. The third-order valence-electron chi connectivity index (χ3n) is 4.50. The van der Waals surface area contributed by atoms with Gasteiger partial charge in [0, 0.05) is 18.7 Å². The van der Waals surface area contributed by atoms with Gasteiger partial charge in [0.05, 0.1) is 27.9 Å². The molecule has 0 amide bonds. The summed E-state index contributed by atoms with van der Waals surface area (Å²) in [6.07, 6.45) is 0.703. The van der Waals surface area contributed by atoms with Crippen LogP contribution in [0.15, 0.2) is 34.0 Å². The standard InChI is InChI=1S/C21H31N3O4S/c1-6-22-20(24-14-21(2,25)16-10-12-29-13-16)23-11-9-15-7-8-17(26-3)19(28-5)18(15)27-4/h7-8,10,12-13,25H,6,9,11,14H2,1-5H3,(H2,22,23,24). The molecule has 0 aliphatic heterocycles. The van der Waals surface area contributed by atoms with Crippen LogP contribution in [0, 0.1) is 0 Å². The van der Waals surface area contributed by atoms with E-state index < -0.39 is 5.60 Å². The van der Waals surface area contributed by atoms with Gasteiger partial charge in [-0.15, -0.1) is 0 Å². The van der Waals surface area contributed by atoms with Crippen LogP contribution in [0.4, 0.5) is 0 Å². The Morgan fingerprint density at radius 2 is 1.86 bits per heavy atom. The molecule has 0 fully saturated rings. The first-order chi connectivity index (χ1) is 14.0. The number of nitrogens with zero attached hydrogens (tertiary/aromatic N) is 1. The zero-order valence-corrected chi connectivity index (χ0v) is 18.6. The van der Waals surface area contributed by atoms with Gasteiger partial charge in [0.25, 0.3) is 0 Å². The molecule has 1 heterocycles. The van der Waals surface area contributed by atoms with Crippen molar-refractivity contribution in [2.75, 3.05) is 41.0 Å². The molecule has 0 saturated heterocycles. The van der Waals surface area contributed by atoms with Gasteiger partial charge >= 0.3 is 0 Å². The Morgan fingerprint density at radius 1 is 1.10 bits per heavy atom. The Kier molecular flexibility index (Phi) is 8.60. The summed E-state index contributed by atoms with van der Waals surface area (Å²) in [5, 5.41) is 21.1. The van der Waals surface area contributed by atoms with Gasteiger partial charge in [0.1, 0.15) is 5.60 Å². The molecule has 2 aromatic rings. The number of ether oxygens (including phenoxy) is 3. The highest BCUT2D eigenvalue weighted by atomic mass is 32.1. The van der Waals surface area contributed by atoms with Crippen LogP contribution in [0.1, 0.15) is 25.0 Å². The molecular weight excluding hydrogens is 390 g/mol. The minimum absolute atomic E-state index is 0.263. The normalized spacial score (nSPS) is 13.5. The van der Waals surface area contributed by atoms with Gasteiger partial charge < -0.3 is 30.0 Å². The molecule has 1 aromatic heterocycles. The van der Waals surface area contributed by atoms with Crippen molar-refractivity contribution in [2.24, 2.45) is 4.99 Å².